The van der Waals surface area contributed by atoms with Crippen molar-refractivity contribution in [2.45, 2.75) is 0 Å². The van der Waals surface area contributed by atoms with Crippen molar-refractivity contribution in [1.82, 2.24) is 4.98 Å². The van der Waals surface area contributed by atoms with Crippen molar-refractivity contribution in [3.63, 3.8) is 0 Å². The summed E-state index contributed by atoms with van der Waals surface area (Å²) in [6.45, 7) is 0. The Balaban J connectivity index is 2.72. The molecule has 0 atom stereocenters. The van der Waals surface area contributed by atoms with Gasteiger partial charge in [0, 0.05) is 9.99 Å². The molecule has 0 aliphatic heterocycles. The van der Waals surface area contributed by atoms with Gasteiger partial charge < -0.3 is 9.72 Å². The van der Waals surface area contributed by atoms with Crippen molar-refractivity contribution < 1.29 is 9.53 Å². The lowest BCUT2D eigenvalue weighted by Gasteiger charge is -2.02. The van der Waals surface area contributed by atoms with E-state index in [9.17, 15) is 9.59 Å². The SMILES string of the molecule is COC(=O)c1cc2ccc(Br)cc2[nH]c1=O. The van der Waals surface area contributed by atoms with Gasteiger partial charge in [-0.2, -0.15) is 0 Å². The molecule has 0 aliphatic carbocycles. The van der Waals surface area contributed by atoms with E-state index in [4.69, 9.17) is 0 Å². The van der Waals surface area contributed by atoms with Crippen molar-refractivity contribution >= 4 is 32.8 Å². The molecule has 0 amide bonds. The van der Waals surface area contributed by atoms with Crippen molar-refractivity contribution in [3.05, 3.63) is 44.7 Å². The van der Waals surface area contributed by atoms with Crippen LogP contribution in [0.5, 0.6) is 0 Å². The van der Waals surface area contributed by atoms with Crippen LogP contribution in [0, 0.1) is 0 Å². The van der Waals surface area contributed by atoms with Crippen LogP contribution in [0.3, 0.4) is 0 Å². The maximum absolute atomic E-state index is 11.6. The fourth-order valence-corrected chi connectivity index (χ4v) is 1.80. The minimum Gasteiger partial charge on any atom is -0.465 e. The Hall–Kier alpha value is -1.62. The smallest absolute Gasteiger partial charge is 0.343 e. The predicted molar refractivity (Wildman–Crippen MR) is 63.6 cm³/mol. The summed E-state index contributed by atoms with van der Waals surface area (Å²) in [5.41, 5.74) is 0.238. The summed E-state index contributed by atoms with van der Waals surface area (Å²) in [4.78, 5) is 25.5. The van der Waals surface area contributed by atoms with E-state index in [1.165, 1.54) is 13.2 Å². The molecule has 0 bridgehead atoms. The van der Waals surface area contributed by atoms with Gasteiger partial charge in [-0.1, -0.05) is 22.0 Å². The Morgan fingerprint density at radius 2 is 2.12 bits per heavy atom. The lowest BCUT2D eigenvalue weighted by Crippen LogP contribution is -2.18. The number of aromatic nitrogens is 1. The molecule has 0 saturated carbocycles. The average molecular weight is 282 g/mol. The zero-order chi connectivity index (χ0) is 11.7. The third-order valence-electron chi connectivity index (χ3n) is 2.21. The Morgan fingerprint density at radius 1 is 1.38 bits per heavy atom. The van der Waals surface area contributed by atoms with Crippen molar-refractivity contribution in [2.24, 2.45) is 0 Å². The molecule has 5 heteroatoms. The molecular formula is C11H8BrNO3. The van der Waals surface area contributed by atoms with Gasteiger partial charge in [-0.05, 0) is 23.6 Å². The zero-order valence-corrected chi connectivity index (χ0v) is 10.00. The molecule has 0 saturated heterocycles. The molecule has 1 aromatic heterocycles. The normalized spacial score (nSPS) is 10.4. The third-order valence-corrected chi connectivity index (χ3v) is 2.71. The van der Waals surface area contributed by atoms with Crippen LogP contribution in [0.1, 0.15) is 10.4 Å². The summed E-state index contributed by atoms with van der Waals surface area (Å²) >= 11 is 3.30. The molecule has 0 aliphatic rings. The fraction of sp³-hybridized carbons (Fsp3) is 0.0909. The van der Waals surface area contributed by atoms with Gasteiger partial charge in [-0.15, -0.1) is 0 Å². The van der Waals surface area contributed by atoms with Crippen LogP contribution < -0.4 is 5.56 Å². The number of hydrogen-bond donors (Lipinski definition) is 1. The van der Waals surface area contributed by atoms with E-state index in [1.54, 1.807) is 6.07 Å². The summed E-state index contributed by atoms with van der Waals surface area (Å²) < 4.78 is 5.38. The molecular weight excluding hydrogens is 274 g/mol. The number of rotatable bonds is 1. The summed E-state index contributed by atoms with van der Waals surface area (Å²) in [6.07, 6.45) is 0. The minimum absolute atomic E-state index is 0.0114. The highest BCUT2D eigenvalue weighted by Gasteiger charge is 2.11. The average Bonchev–Trinajstić information content (AvgIpc) is 2.27. The summed E-state index contributed by atoms with van der Waals surface area (Å²) in [5, 5.41) is 0.781. The van der Waals surface area contributed by atoms with Gasteiger partial charge in [-0.3, -0.25) is 4.79 Å². The predicted octanol–water partition coefficient (Wildman–Crippen LogP) is 2.08. The number of ether oxygens (including phenoxy) is 1. The Bertz CT molecular complexity index is 618. The first-order valence-corrected chi connectivity index (χ1v) is 5.32. The first-order chi connectivity index (χ1) is 7.61. The van der Waals surface area contributed by atoms with Crippen LogP contribution in [0.15, 0.2) is 33.5 Å². The number of carbonyl (C=O) groups is 1. The molecule has 1 aromatic carbocycles. The molecule has 2 rings (SSSR count). The quantitative estimate of drug-likeness (QED) is 0.815. The third kappa shape index (κ3) is 1.86. The first kappa shape index (κ1) is 10.9. The van der Waals surface area contributed by atoms with Gasteiger partial charge >= 0.3 is 5.97 Å². The lowest BCUT2D eigenvalue weighted by molar-refractivity contribution is 0.0599. The number of nitrogens with one attached hydrogen (secondary N) is 1. The topological polar surface area (TPSA) is 59.2 Å². The molecule has 2 aromatic rings. The number of fused-ring (bicyclic) bond motifs is 1. The summed E-state index contributed by atoms with van der Waals surface area (Å²) in [6, 6.07) is 6.94. The molecule has 1 N–H and O–H groups in total. The molecule has 1 heterocycles. The van der Waals surface area contributed by atoms with Crippen LogP contribution in [0.4, 0.5) is 0 Å². The molecule has 0 radical (unpaired) electrons. The number of aromatic amines is 1. The second kappa shape index (κ2) is 4.09. The van der Waals surface area contributed by atoms with Crippen molar-refractivity contribution in [2.75, 3.05) is 7.11 Å². The van der Waals surface area contributed by atoms with Gasteiger partial charge in [0.1, 0.15) is 5.56 Å². The van der Waals surface area contributed by atoms with Gasteiger partial charge in [0.15, 0.2) is 0 Å². The van der Waals surface area contributed by atoms with E-state index >= 15 is 0 Å². The largest absolute Gasteiger partial charge is 0.465 e. The fourth-order valence-electron chi connectivity index (χ4n) is 1.43. The first-order valence-electron chi connectivity index (χ1n) is 4.52. The molecule has 0 spiro atoms. The standard InChI is InChI=1S/C11H8BrNO3/c1-16-11(15)8-4-6-2-3-7(12)5-9(6)13-10(8)14/h2-5H,1H3,(H,13,14). The molecule has 4 nitrogen and oxygen atoms in total. The number of pyridine rings is 1. The Morgan fingerprint density at radius 3 is 2.81 bits per heavy atom. The molecule has 0 unspecified atom stereocenters. The van der Waals surface area contributed by atoms with Crippen molar-refractivity contribution in [1.29, 1.82) is 0 Å². The second-order valence-electron chi connectivity index (χ2n) is 3.24. The highest BCUT2D eigenvalue weighted by molar-refractivity contribution is 9.10. The molecule has 82 valence electrons. The van der Waals surface area contributed by atoms with E-state index < -0.39 is 11.5 Å². The minimum atomic E-state index is -0.633. The van der Waals surface area contributed by atoms with Crippen LogP contribution in [-0.4, -0.2) is 18.1 Å². The van der Waals surface area contributed by atoms with E-state index in [-0.39, 0.29) is 5.56 Å². The zero-order valence-electron chi connectivity index (χ0n) is 8.41. The number of H-pyrrole nitrogens is 1. The van der Waals surface area contributed by atoms with E-state index in [0.29, 0.717) is 5.52 Å². The van der Waals surface area contributed by atoms with Gasteiger partial charge in [0.2, 0.25) is 0 Å². The van der Waals surface area contributed by atoms with Gasteiger partial charge in [0.25, 0.3) is 5.56 Å². The number of methoxy groups -OCH3 is 1. The Kier molecular flexibility index (Phi) is 2.78. The van der Waals surface area contributed by atoms with Crippen LogP contribution in [0.25, 0.3) is 10.9 Å². The molecule has 0 fully saturated rings. The number of hydrogen-bond acceptors (Lipinski definition) is 3. The van der Waals surface area contributed by atoms with E-state index in [2.05, 4.69) is 25.7 Å². The monoisotopic (exact) mass is 281 g/mol. The maximum atomic E-state index is 11.6. The van der Waals surface area contributed by atoms with Gasteiger partial charge in [0.05, 0.1) is 7.11 Å². The van der Waals surface area contributed by atoms with Crippen LogP contribution in [-0.2, 0) is 4.74 Å². The highest BCUT2D eigenvalue weighted by Crippen LogP contribution is 2.17. The lowest BCUT2D eigenvalue weighted by atomic mass is 10.1. The van der Waals surface area contributed by atoms with Crippen LogP contribution in [0.2, 0.25) is 0 Å². The number of carbonyl (C=O) groups excluding carboxylic acids is 1. The number of halogens is 1. The summed E-state index contributed by atoms with van der Waals surface area (Å²) in [5.74, 6) is -0.633. The van der Waals surface area contributed by atoms with Crippen molar-refractivity contribution in [3.8, 4) is 0 Å². The van der Waals surface area contributed by atoms with E-state index in [0.717, 1.165) is 9.86 Å². The summed E-state index contributed by atoms with van der Waals surface area (Å²) in [7, 11) is 1.24. The second-order valence-corrected chi connectivity index (χ2v) is 4.15. The highest BCUT2D eigenvalue weighted by atomic mass is 79.9. The maximum Gasteiger partial charge on any atom is 0.343 e. The molecule has 16 heavy (non-hydrogen) atoms. The number of esters is 1. The number of benzene rings is 1. The Labute approximate surface area is 99.4 Å². The van der Waals surface area contributed by atoms with Crippen LogP contribution >= 0.6 is 15.9 Å². The van der Waals surface area contributed by atoms with E-state index in [1.807, 2.05) is 12.1 Å². The van der Waals surface area contributed by atoms with Gasteiger partial charge in [-0.25, -0.2) is 4.79 Å².